The first-order valence-electron chi connectivity index (χ1n) is 12.7. The van der Waals surface area contributed by atoms with Crippen molar-refractivity contribution in [2.24, 2.45) is 0 Å². The molecule has 1 fully saturated rings. The van der Waals surface area contributed by atoms with Crippen molar-refractivity contribution < 1.29 is 19.1 Å². The minimum absolute atomic E-state index is 0.00295. The highest BCUT2D eigenvalue weighted by Gasteiger charge is 2.41. The quantitative estimate of drug-likeness (QED) is 0.269. The largest absolute Gasteiger partial charge is 0.481 e. The van der Waals surface area contributed by atoms with Crippen molar-refractivity contribution >= 4 is 23.4 Å². The number of benzene rings is 3. The van der Waals surface area contributed by atoms with Gasteiger partial charge in [-0.05, 0) is 31.5 Å². The summed E-state index contributed by atoms with van der Waals surface area (Å²) in [5.74, 6) is 0.516. The normalized spacial score (nSPS) is 16.9. The summed E-state index contributed by atoms with van der Waals surface area (Å²) in [6.45, 7) is 0. The number of hydrogen-bond acceptors (Lipinski definition) is 5. The lowest BCUT2D eigenvalue weighted by Gasteiger charge is -2.36. The molecule has 0 spiro atoms. The minimum atomic E-state index is -0.860. The fourth-order valence-electron chi connectivity index (χ4n) is 4.78. The summed E-state index contributed by atoms with van der Waals surface area (Å²) in [5, 5.41) is 12.7. The molecule has 0 amide bonds. The van der Waals surface area contributed by atoms with Gasteiger partial charge in [-0.25, -0.2) is 4.98 Å². The summed E-state index contributed by atoms with van der Waals surface area (Å²) in [7, 11) is 1.84. The summed E-state index contributed by atoms with van der Waals surface area (Å²) in [6.07, 6.45) is 3.83. The number of oxazole rings is 1. The van der Waals surface area contributed by atoms with Gasteiger partial charge in [0.1, 0.15) is 11.2 Å². The Morgan fingerprint density at radius 3 is 2.21 bits per heavy atom. The number of likely N-dealkylation sites (N-methyl/N-ethyl adjacent to an activating group) is 1. The van der Waals surface area contributed by atoms with E-state index in [1.807, 2.05) is 92.0 Å². The third-order valence-corrected chi connectivity index (χ3v) is 7.08. The highest BCUT2D eigenvalue weighted by Crippen LogP contribution is 2.37. The lowest BCUT2D eigenvalue weighted by molar-refractivity contribution is -0.137. The molecule has 0 saturated heterocycles. The summed E-state index contributed by atoms with van der Waals surface area (Å²) in [4.78, 5) is 27.4. The zero-order valence-electron chi connectivity index (χ0n) is 21.3. The SMILES string of the molecule is CNC1(c2ccccc2Cl)CCCCC1=O.O=C(O)CCc1nc(-c2ccccc2)c(-c2ccccc2)o1. The molecule has 38 heavy (non-hydrogen) atoms. The standard InChI is InChI=1S/C18H15NO3.C13H16ClNO/c20-16(21)12-11-15-19-17(13-7-3-1-4-8-13)18(22-15)14-9-5-2-6-10-14;1-15-13(9-5-4-8-12(13)16)10-6-2-3-7-11(10)14/h1-10H,11-12H2,(H,20,21);2-3,6-7,15H,4-5,8-9H2,1H3. The van der Waals surface area contributed by atoms with Crippen molar-refractivity contribution in [3.8, 4) is 22.6 Å². The number of ketones is 1. The average Bonchev–Trinajstić information content (AvgIpc) is 3.39. The predicted octanol–water partition coefficient (Wildman–Crippen LogP) is 6.92. The maximum absolute atomic E-state index is 12.2. The van der Waals surface area contributed by atoms with Crippen molar-refractivity contribution in [3.63, 3.8) is 0 Å². The molecule has 6 nitrogen and oxygen atoms in total. The number of halogens is 1. The van der Waals surface area contributed by atoms with Crippen LogP contribution in [0.2, 0.25) is 5.02 Å². The highest BCUT2D eigenvalue weighted by molar-refractivity contribution is 6.31. The Balaban J connectivity index is 0.000000186. The van der Waals surface area contributed by atoms with Crippen LogP contribution in [-0.2, 0) is 21.5 Å². The van der Waals surface area contributed by atoms with Crippen LogP contribution >= 0.6 is 11.6 Å². The van der Waals surface area contributed by atoms with E-state index in [-0.39, 0.29) is 18.6 Å². The van der Waals surface area contributed by atoms with Gasteiger partial charge in [-0.2, -0.15) is 0 Å². The molecule has 1 atom stereocenters. The van der Waals surface area contributed by atoms with E-state index in [1.165, 1.54) is 0 Å². The molecule has 1 heterocycles. The number of Topliss-reactive ketones (excluding diaryl/α,β-unsaturated/α-hetero) is 1. The maximum atomic E-state index is 12.2. The number of rotatable bonds is 7. The minimum Gasteiger partial charge on any atom is -0.481 e. The van der Waals surface area contributed by atoms with Crippen LogP contribution in [0.1, 0.15) is 43.6 Å². The molecular formula is C31H31ClN2O4. The Hall–Kier alpha value is -3.74. The Morgan fingerprint density at radius 2 is 1.61 bits per heavy atom. The van der Waals surface area contributed by atoms with Gasteiger partial charge >= 0.3 is 5.97 Å². The maximum Gasteiger partial charge on any atom is 0.303 e. The number of carbonyl (C=O) groups excluding carboxylic acids is 1. The Kier molecular flexibility index (Phi) is 9.10. The fourth-order valence-corrected chi connectivity index (χ4v) is 5.08. The molecule has 1 aromatic heterocycles. The number of nitrogens with one attached hydrogen (secondary N) is 1. The van der Waals surface area contributed by atoms with Crippen LogP contribution in [0.15, 0.2) is 89.3 Å². The van der Waals surface area contributed by atoms with Crippen LogP contribution in [-0.4, -0.2) is 28.9 Å². The van der Waals surface area contributed by atoms with Gasteiger partial charge in [0, 0.05) is 29.0 Å². The molecule has 1 aliphatic rings. The molecule has 2 N–H and O–H groups in total. The van der Waals surface area contributed by atoms with Crippen molar-refractivity contribution in [2.75, 3.05) is 7.05 Å². The van der Waals surface area contributed by atoms with Gasteiger partial charge < -0.3 is 14.8 Å². The van der Waals surface area contributed by atoms with Gasteiger partial charge in [0.05, 0.1) is 6.42 Å². The zero-order valence-corrected chi connectivity index (χ0v) is 22.1. The second kappa shape index (κ2) is 12.7. The van der Waals surface area contributed by atoms with Gasteiger partial charge in [-0.3, -0.25) is 9.59 Å². The lowest BCUT2D eigenvalue weighted by Crippen LogP contribution is -2.49. The van der Waals surface area contributed by atoms with Gasteiger partial charge in [0.25, 0.3) is 0 Å². The first-order valence-corrected chi connectivity index (χ1v) is 13.1. The number of carboxylic acids is 1. The summed E-state index contributed by atoms with van der Waals surface area (Å²) in [5.41, 5.74) is 2.98. The Morgan fingerprint density at radius 1 is 0.974 bits per heavy atom. The third kappa shape index (κ3) is 6.21. The summed E-state index contributed by atoms with van der Waals surface area (Å²) >= 11 is 6.20. The molecule has 0 radical (unpaired) electrons. The van der Waals surface area contributed by atoms with E-state index in [2.05, 4.69) is 10.3 Å². The fraction of sp³-hybridized carbons (Fsp3) is 0.258. The van der Waals surface area contributed by atoms with Crippen LogP contribution in [0.3, 0.4) is 0 Å². The first kappa shape index (κ1) is 27.3. The van der Waals surface area contributed by atoms with Crippen LogP contribution in [0.25, 0.3) is 22.6 Å². The second-order valence-corrected chi connectivity index (χ2v) is 9.58. The number of aromatic nitrogens is 1. The van der Waals surface area contributed by atoms with Gasteiger partial charge in [0.15, 0.2) is 17.4 Å². The van der Waals surface area contributed by atoms with E-state index < -0.39 is 11.5 Å². The number of aliphatic carboxylic acids is 1. The Labute approximate surface area is 227 Å². The molecular weight excluding hydrogens is 500 g/mol. The summed E-state index contributed by atoms with van der Waals surface area (Å²) in [6, 6.07) is 27.1. The molecule has 196 valence electrons. The van der Waals surface area contributed by atoms with Crippen molar-refractivity contribution in [3.05, 3.63) is 101 Å². The van der Waals surface area contributed by atoms with Crippen LogP contribution in [0.4, 0.5) is 0 Å². The molecule has 1 saturated carbocycles. The van der Waals surface area contributed by atoms with Crippen LogP contribution < -0.4 is 5.32 Å². The van der Waals surface area contributed by atoms with Crippen LogP contribution in [0.5, 0.6) is 0 Å². The van der Waals surface area contributed by atoms with Crippen molar-refractivity contribution in [2.45, 2.75) is 44.1 Å². The van der Waals surface area contributed by atoms with Crippen molar-refractivity contribution in [1.29, 1.82) is 0 Å². The molecule has 5 rings (SSSR count). The van der Waals surface area contributed by atoms with E-state index in [0.717, 1.165) is 41.6 Å². The number of hydrogen-bond donors (Lipinski definition) is 2. The third-order valence-electron chi connectivity index (χ3n) is 6.75. The topological polar surface area (TPSA) is 92.4 Å². The van der Waals surface area contributed by atoms with E-state index in [1.54, 1.807) is 0 Å². The number of carboxylic acid groups (broad SMARTS) is 1. The molecule has 1 unspecified atom stereocenters. The number of nitrogens with zero attached hydrogens (tertiary/aromatic N) is 1. The van der Waals surface area contributed by atoms with E-state index in [4.69, 9.17) is 21.1 Å². The van der Waals surface area contributed by atoms with Gasteiger partial charge in [-0.15, -0.1) is 0 Å². The predicted molar refractivity (Wildman–Crippen MR) is 149 cm³/mol. The Bertz CT molecular complexity index is 1310. The number of aryl methyl sites for hydroxylation is 1. The van der Waals surface area contributed by atoms with Gasteiger partial charge in [0.2, 0.25) is 0 Å². The van der Waals surface area contributed by atoms with E-state index >= 15 is 0 Å². The summed E-state index contributed by atoms with van der Waals surface area (Å²) < 4.78 is 5.83. The van der Waals surface area contributed by atoms with E-state index in [9.17, 15) is 9.59 Å². The number of carbonyl (C=O) groups is 2. The molecule has 3 aromatic carbocycles. The monoisotopic (exact) mass is 530 g/mol. The average molecular weight is 531 g/mol. The molecule has 1 aliphatic carbocycles. The zero-order chi connectivity index (χ0) is 27.0. The second-order valence-electron chi connectivity index (χ2n) is 9.18. The van der Waals surface area contributed by atoms with Crippen molar-refractivity contribution in [1.82, 2.24) is 10.3 Å². The molecule has 0 aliphatic heterocycles. The molecule has 4 aromatic rings. The molecule has 7 heteroatoms. The lowest BCUT2D eigenvalue weighted by atomic mass is 9.75. The molecule has 0 bridgehead atoms. The first-order chi connectivity index (χ1) is 18.4. The van der Waals surface area contributed by atoms with Crippen LogP contribution in [0, 0.1) is 0 Å². The highest BCUT2D eigenvalue weighted by atomic mass is 35.5. The van der Waals surface area contributed by atoms with E-state index in [0.29, 0.717) is 23.1 Å². The van der Waals surface area contributed by atoms with Gasteiger partial charge in [-0.1, -0.05) is 96.9 Å². The smallest absolute Gasteiger partial charge is 0.303 e.